The molecule has 0 radical (unpaired) electrons. The van der Waals surface area contributed by atoms with Gasteiger partial charge < -0.3 is 15.3 Å². The topological polar surface area (TPSA) is 111 Å². The highest BCUT2D eigenvalue weighted by molar-refractivity contribution is 6.39. The number of nitrogens with zero attached hydrogens (tertiary/aromatic N) is 2. The van der Waals surface area contributed by atoms with E-state index >= 15 is 0 Å². The second kappa shape index (κ2) is 8.43. The quantitative estimate of drug-likeness (QED) is 0.428. The van der Waals surface area contributed by atoms with Gasteiger partial charge in [-0.2, -0.15) is 5.10 Å². The molecule has 2 rings (SSSR count). The van der Waals surface area contributed by atoms with Crippen molar-refractivity contribution in [2.45, 2.75) is 0 Å². The van der Waals surface area contributed by atoms with E-state index < -0.39 is 17.8 Å². The van der Waals surface area contributed by atoms with Crippen molar-refractivity contribution in [3.8, 4) is 0 Å². The fourth-order valence-electron chi connectivity index (χ4n) is 1.99. The van der Waals surface area contributed by atoms with Crippen LogP contribution in [0.5, 0.6) is 0 Å². The summed E-state index contributed by atoms with van der Waals surface area (Å²) in [4.78, 5) is 36.4. The number of aromatic carboxylic acids is 1. The molecule has 0 fully saturated rings. The number of hydrazone groups is 1. The third kappa shape index (κ3) is 5.17. The van der Waals surface area contributed by atoms with E-state index in [1.165, 1.54) is 30.5 Å². The van der Waals surface area contributed by atoms with Gasteiger partial charge in [-0.1, -0.05) is 18.2 Å². The molecule has 0 aliphatic heterocycles. The zero-order valence-corrected chi connectivity index (χ0v) is 14.3. The largest absolute Gasteiger partial charge is 0.478 e. The van der Waals surface area contributed by atoms with Gasteiger partial charge in [-0.25, -0.2) is 10.2 Å². The minimum atomic E-state index is -1.13. The van der Waals surface area contributed by atoms with Crippen LogP contribution in [0.4, 0.5) is 11.4 Å². The van der Waals surface area contributed by atoms with Crippen LogP contribution in [0.15, 0.2) is 53.6 Å². The highest BCUT2D eigenvalue weighted by Gasteiger charge is 2.13. The molecule has 2 aromatic rings. The first-order valence-corrected chi connectivity index (χ1v) is 7.62. The molecule has 8 heteroatoms. The van der Waals surface area contributed by atoms with Crippen molar-refractivity contribution in [2.75, 3.05) is 24.3 Å². The summed E-state index contributed by atoms with van der Waals surface area (Å²) in [5, 5.41) is 15.0. The van der Waals surface area contributed by atoms with Crippen molar-refractivity contribution in [3.63, 3.8) is 0 Å². The lowest BCUT2D eigenvalue weighted by atomic mass is 10.2. The molecular weight excluding hydrogens is 336 g/mol. The number of carboxylic acids is 1. The van der Waals surface area contributed by atoms with E-state index in [4.69, 9.17) is 5.11 Å². The maximum Gasteiger partial charge on any atom is 0.335 e. The van der Waals surface area contributed by atoms with Gasteiger partial charge in [0.25, 0.3) is 0 Å². The lowest BCUT2D eigenvalue weighted by molar-refractivity contribution is -0.136. The van der Waals surface area contributed by atoms with Gasteiger partial charge in [0.15, 0.2) is 0 Å². The molecule has 0 unspecified atom stereocenters. The predicted octanol–water partition coefficient (Wildman–Crippen LogP) is 1.54. The Balaban J connectivity index is 1.91. The number of hydrogen-bond donors (Lipinski definition) is 3. The molecule has 2 aromatic carbocycles. The van der Waals surface area contributed by atoms with Gasteiger partial charge in [-0.3, -0.25) is 9.59 Å². The first kappa shape index (κ1) is 18.7. The van der Waals surface area contributed by atoms with Crippen LogP contribution in [0.2, 0.25) is 0 Å². The molecule has 3 N–H and O–H groups in total. The van der Waals surface area contributed by atoms with Crippen LogP contribution in [-0.2, 0) is 9.59 Å². The molecule has 0 spiro atoms. The standard InChI is InChI=1S/C18H18N4O4/c1-22(2)15-8-6-12(7-9-15)11-19-21-17(24)16(23)20-14-5-3-4-13(10-14)18(25)26/h3-11H,1-2H3,(H,20,23)(H,21,24)(H,25,26). The highest BCUT2D eigenvalue weighted by atomic mass is 16.4. The zero-order valence-electron chi connectivity index (χ0n) is 14.3. The van der Waals surface area contributed by atoms with E-state index in [0.29, 0.717) is 0 Å². The third-order valence-corrected chi connectivity index (χ3v) is 3.36. The fraction of sp³-hybridized carbons (Fsp3) is 0.111. The van der Waals surface area contributed by atoms with Crippen LogP contribution in [0.3, 0.4) is 0 Å². The Bertz CT molecular complexity index is 845. The zero-order chi connectivity index (χ0) is 19.1. The molecule has 134 valence electrons. The molecule has 0 bridgehead atoms. The maximum atomic E-state index is 11.8. The number of carbonyl (C=O) groups excluding carboxylic acids is 2. The van der Waals surface area contributed by atoms with E-state index in [0.717, 1.165) is 11.3 Å². The van der Waals surface area contributed by atoms with Crippen LogP contribution in [-0.4, -0.2) is 43.2 Å². The average molecular weight is 354 g/mol. The Morgan fingerprint density at radius 2 is 1.73 bits per heavy atom. The molecule has 0 aromatic heterocycles. The van der Waals surface area contributed by atoms with E-state index in [2.05, 4.69) is 15.8 Å². The summed E-state index contributed by atoms with van der Waals surface area (Å²) in [6.07, 6.45) is 1.41. The number of benzene rings is 2. The number of carboxylic acid groups (broad SMARTS) is 1. The van der Waals surface area contributed by atoms with Crippen molar-refractivity contribution in [1.29, 1.82) is 0 Å². The van der Waals surface area contributed by atoms with Crippen molar-refractivity contribution in [2.24, 2.45) is 5.10 Å². The Morgan fingerprint density at radius 3 is 2.35 bits per heavy atom. The molecule has 0 heterocycles. The predicted molar refractivity (Wildman–Crippen MR) is 98.5 cm³/mol. The van der Waals surface area contributed by atoms with Gasteiger partial charge in [-0.15, -0.1) is 0 Å². The van der Waals surface area contributed by atoms with E-state index in [-0.39, 0.29) is 11.3 Å². The molecule has 0 saturated heterocycles. The van der Waals surface area contributed by atoms with Crippen LogP contribution < -0.4 is 15.6 Å². The maximum absolute atomic E-state index is 11.8. The second-order valence-corrected chi connectivity index (χ2v) is 5.53. The molecular formula is C18H18N4O4. The van der Waals surface area contributed by atoms with Crippen molar-refractivity contribution in [1.82, 2.24) is 5.43 Å². The van der Waals surface area contributed by atoms with E-state index in [1.807, 2.05) is 43.3 Å². The molecule has 2 amide bonds. The summed E-state index contributed by atoms with van der Waals surface area (Å²) in [5.41, 5.74) is 4.10. The fourth-order valence-corrected chi connectivity index (χ4v) is 1.99. The molecule has 0 aliphatic carbocycles. The number of anilines is 2. The monoisotopic (exact) mass is 354 g/mol. The molecule has 8 nitrogen and oxygen atoms in total. The van der Waals surface area contributed by atoms with Crippen molar-refractivity contribution < 1.29 is 19.5 Å². The molecule has 0 atom stereocenters. The van der Waals surface area contributed by atoms with Crippen molar-refractivity contribution >= 4 is 35.4 Å². The van der Waals surface area contributed by atoms with Crippen LogP contribution in [0.1, 0.15) is 15.9 Å². The summed E-state index contributed by atoms with van der Waals surface area (Å²) in [5.74, 6) is -3.05. The summed E-state index contributed by atoms with van der Waals surface area (Å²) < 4.78 is 0. The van der Waals surface area contributed by atoms with Gasteiger partial charge >= 0.3 is 17.8 Å². The first-order valence-electron chi connectivity index (χ1n) is 7.62. The van der Waals surface area contributed by atoms with Gasteiger partial charge in [-0.05, 0) is 35.9 Å². The van der Waals surface area contributed by atoms with Crippen LogP contribution >= 0.6 is 0 Å². The Labute approximate surface area is 150 Å². The van der Waals surface area contributed by atoms with E-state index in [1.54, 1.807) is 0 Å². The second-order valence-electron chi connectivity index (χ2n) is 5.53. The third-order valence-electron chi connectivity index (χ3n) is 3.36. The van der Waals surface area contributed by atoms with Crippen molar-refractivity contribution in [3.05, 3.63) is 59.7 Å². The average Bonchev–Trinajstić information content (AvgIpc) is 2.62. The molecule has 0 aliphatic rings. The number of carbonyl (C=O) groups is 3. The smallest absolute Gasteiger partial charge is 0.335 e. The van der Waals surface area contributed by atoms with E-state index in [9.17, 15) is 14.4 Å². The number of hydrogen-bond acceptors (Lipinski definition) is 5. The SMILES string of the molecule is CN(C)c1ccc(C=NNC(=O)C(=O)Nc2cccc(C(=O)O)c2)cc1. The number of nitrogens with one attached hydrogen (secondary N) is 2. The number of amides is 2. The van der Waals surface area contributed by atoms with Gasteiger partial charge in [0.05, 0.1) is 11.8 Å². The summed E-state index contributed by atoms with van der Waals surface area (Å²) >= 11 is 0. The first-order chi connectivity index (χ1) is 12.4. The lowest BCUT2D eigenvalue weighted by Gasteiger charge is -2.11. The minimum Gasteiger partial charge on any atom is -0.478 e. The summed E-state index contributed by atoms with van der Waals surface area (Å²) in [7, 11) is 3.85. The molecule has 26 heavy (non-hydrogen) atoms. The van der Waals surface area contributed by atoms with Gasteiger partial charge in [0.2, 0.25) is 0 Å². The Hall–Kier alpha value is -3.68. The highest BCUT2D eigenvalue weighted by Crippen LogP contribution is 2.11. The Kier molecular flexibility index (Phi) is 6.05. The Morgan fingerprint density at radius 1 is 1.04 bits per heavy atom. The van der Waals surface area contributed by atoms with Gasteiger partial charge in [0, 0.05) is 25.5 Å². The van der Waals surface area contributed by atoms with Crippen LogP contribution in [0, 0.1) is 0 Å². The summed E-state index contributed by atoms with van der Waals surface area (Å²) in [6, 6.07) is 13.0. The molecule has 0 saturated carbocycles. The minimum absolute atomic E-state index is 0.00222. The van der Waals surface area contributed by atoms with Crippen LogP contribution in [0.25, 0.3) is 0 Å². The van der Waals surface area contributed by atoms with Gasteiger partial charge in [0.1, 0.15) is 0 Å². The normalized spacial score (nSPS) is 10.4. The summed E-state index contributed by atoms with van der Waals surface area (Å²) in [6.45, 7) is 0. The number of rotatable bonds is 5. The lowest BCUT2D eigenvalue weighted by Crippen LogP contribution is -2.32.